The van der Waals surface area contributed by atoms with E-state index in [9.17, 15) is 29.2 Å². The summed E-state index contributed by atoms with van der Waals surface area (Å²) in [6.45, 7) is 92.8. The molecule has 16 heteroatoms. The van der Waals surface area contributed by atoms with E-state index >= 15 is 0 Å². The molecule has 0 saturated carbocycles. The van der Waals surface area contributed by atoms with Gasteiger partial charge in [-0.3, -0.25) is 19.2 Å². The summed E-state index contributed by atoms with van der Waals surface area (Å²) in [4.78, 5) is 57.6. The molecule has 0 aromatic heterocycles. The van der Waals surface area contributed by atoms with Crippen molar-refractivity contribution in [1.29, 1.82) is 15.8 Å². The average molecular weight is 1750 g/mol. The SMILES string of the molecule is C#CC1(C=C)C=CC(=O)C(C#N)=C1.C#CC1(C=C)C=CC(=O)C(C#N)C1.C=CC1(C#C[Si](C(C)C)(C(C)C)C(C)C)C=CC(=O)C(C#N)C1.C=CC1(C#C[Si](C(C)C)(C(C)C)C(C)C)C=CC(=O)CC1.C=CC1(C#C[Si](C(C)C)(C(C)C)C(C)C)CCC(O[Si](C)(C)C)=CC1C.CC1C=C(O[Si](C)(C)C)CCC1(C#C[Si](C(C)C)(C(C)C)C(C)C)C=O. The molecule has 0 fully saturated rings. The first kappa shape index (κ1) is 112. The number of ketones is 4. The molecule has 0 aromatic rings. The molecule has 0 bridgehead atoms. The molecule has 662 valence electrons. The Morgan fingerprint density at radius 2 is 0.746 bits per heavy atom. The lowest BCUT2D eigenvalue weighted by molar-refractivity contribution is -0.118. The van der Waals surface area contributed by atoms with Crippen LogP contribution in [0, 0.1) is 161 Å². The van der Waals surface area contributed by atoms with Crippen LogP contribution in [0.3, 0.4) is 0 Å². The summed E-state index contributed by atoms with van der Waals surface area (Å²) in [5, 5.41) is 26.5. The Morgan fingerprint density at radius 3 is 1.02 bits per heavy atom. The smallest absolute Gasteiger partial charge is 0.241 e. The van der Waals surface area contributed by atoms with E-state index < -0.39 is 82.4 Å². The average Bonchev–Trinajstić information content (AvgIpc) is 0.787. The van der Waals surface area contributed by atoms with E-state index in [1.54, 1.807) is 36.4 Å². The summed E-state index contributed by atoms with van der Waals surface area (Å²) in [6.07, 6.45) is 45.2. The van der Waals surface area contributed by atoms with Gasteiger partial charge in [0.05, 0.1) is 61.7 Å². The molecule has 6 aliphatic rings. The van der Waals surface area contributed by atoms with Crippen molar-refractivity contribution in [2.24, 2.45) is 56.2 Å². The van der Waals surface area contributed by atoms with E-state index in [4.69, 9.17) is 32.2 Å². The maximum Gasteiger partial charge on any atom is 0.241 e. The van der Waals surface area contributed by atoms with Gasteiger partial charge in [0.15, 0.2) is 23.1 Å². The van der Waals surface area contributed by atoms with Crippen LogP contribution in [0.4, 0.5) is 0 Å². The molecule has 10 nitrogen and oxygen atoms in total. The van der Waals surface area contributed by atoms with Crippen LogP contribution in [0.25, 0.3) is 0 Å². The summed E-state index contributed by atoms with van der Waals surface area (Å²) >= 11 is 0. The molecule has 0 radical (unpaired) electrons. The van der Waals surface area contributed by atoms with Gasteiger partial charge in [0.25, 0.3) is 0 Å². The van der Waals surface area contributed by atoms with Gasteiger partial charge in [-0.25, -0.2) is 0 Å². The molecule has 0 amide bonds. The van der Waals surface area contributed by atoms with Crippen molar-refractivity contribution in [3.05, 3.63) is 147 Å². The second-order valence-electron chi connectivity index (χ2n) is 40.3. The molecule has 122 heavy (non-hydrogen) atoms. The standard InChI is InChI=1S/C23H42OSi2.C22H40O2Si2.C20H29NOSi.C19H30OSi.C11H9NO.C11H7NO/c1-12-23(14-13-22(17-21(23)8)24-25(9,10)11)15-16-26(18(2)3,19(4)5)20(6)7;1-17(2)26(18(3)4,19(5)6)14-13-22(16-23)12-11-21(15-20(22)7)24-25(8,9)10;1-8-20(10-9-19(22)18(13-20)14-21)11-12-23(15(2)3,16(4)5)17(6)7;1-8-19(11-9-18(20)10-12-19)13-14-21(15(2)3,16(4)5)17(6)7;2*1-3-11(4-2)6-5-10(13)9(7-11)8-12/h12,17-21H,1,13-14H2,2-11H3;15-20H,11-12H2,1-10H3;8-10,15-18H,1,13H2,2-7H3;8-9,11,15-17H,1,10,12H2,2-7H3;1,4-6,9H,2,7H2;1,4-7H,2H2. The topological polar surface area (TPSA) is 175 Å². The zero-order chi connectivity index (χ0) is 94.6. The highest BCUT2D eigenvalue weighted by Gasteiger charge is 2.48. The van der Waals surface area contributed by atoms with Crippen LogP contribution in [0.1, 0.15) is 231 Å². The van der Waals surface area contributed by atoms with Crippen molar-refractivity contribution in [3.63, 3.8) is 0 Å². The van der Waals surface area contributed by atoms with E-state index in [2.05, 4.69) is 334 Å². The number of allylic oxidation sites excluding steroid dienone is 19. The van der Waals surface area contributed by atoms with Crippen LogP contribution in [0.15, 0.2) is 147 Å². The van der Waals surface area contributed by atoms with Gasteiger partial charge in [-0.15, -0.1) is 67.9 Å². The Kier molecular flexibility index (Phi) is 43.4. The second-order valence-corrected chi connectivity index (χ2v) is 71.5. The number of hydrogen-bond acceptors (Lipinski definition) is 10. The molecule has 6 aliphatic carbocycles. The van der Waals surface area contributed by atoms with Crippen LogP contribution < -0.4 is 0 Å². The van der Waals surface area contributed by atoms with E-state index in [-0.39, 0.29) is 45.5 Å². The second kappa shape index (κ2) is 47.3. The monoisotopic (exact) mass is 1750 g/mol. The van der Waals surface area contributed by atoms with Crippen molar-refractivity contribution < 1.29 is 32.8 Å². The van der Waals surface area contributed by atoms with Gasteiger partial charge in [-0.2, -0.15) is 15.8 Å². The molecule has 0 aromatic carbocycles. The first-order valence-electron chi connectivity index (χ1n) is 44.7. The zero-order valence-corrected chi connectivity index (χ0v) is 87.6. The van der Waals surface area contributed by atoms with Crippen LogP contribution in [-0.2, 0) is 32.8 Å². The minimum absolute atomic E-state index is 0.0698. The van der Waals surface area contributed by atoms with Crippen molar-refractivity contribution in [1.82, 2.24) is 0 Å². The third-order valence-electron chi connectivity index (χ3n) is 26.8. The minimum Gasteiger partial charge on any atom is -0.548 e. The molecule has 0 heterocycles. The Balaban J connectivity index is 0.000000744. The molecular formula is C106H157N3O7Si6. The predicted octanol–water partition coefficient (Wildman–Crippen LogP) is 27.3. The number of carbonyl (C=O) groups is 5. The van der Waals surface area contributed by atoms with Crippen molar-refractivity contribution in [2.75, 3.05) is 0 Å². The summed E-state index contributed by atoms with van der Waals surface area (Å²) in [7, 11) is -10.2. The Labute approximate surface area is 751 Å². The van der Waals surface area contributed by atoms with Gasteiger partial charge in [-0.05, 0) is 186 Å². The largest absolute Gasteiger partial charge is 0.548 e. The van der Waals surface area contributed by atoms with Gasteiger partial charge < -0.3 is 13.6 Å². The number of carbonyl (C=O) groups excluding carboxylic acids is 5. The maximum absolute atomic E-state index is 12.2. The van der Waals surface area contributed by atoms with Crippen molar-refractivity contribution >= 4 is 78.3 Å². The number of nitriles is 3. The van der Waals surface area contributed by atoms with Crippen LogP contribution >= 0.6 is 0 Å². The molecule has 0 spiro atoms. The lowest BCUT2D eigenvalue weighted by Crippen LogP contribution is -2.44. The van der Waals surface area contributed by atoms with E-state index in [0.717, 1.165) is 44.1 Å². The van der Waals surface area contributed by atoms with Gasteiger partial charge in [-0.1, -0.05) is 270 Å². The maximum atomic E-state index is 12.2. The molecular weight excluding hydrogens is 1600 g/mol. The van der Waals surface area contributed by atoms with Crippen LogP contribution in [0.5, 0.6) is 0 Å². The first-order valence-corrected chi connectivity index (χ1v) is 60.5. The Morgan fingerprint density at radius 1 is 0.418 bits per heavy atom. The molecule has 0 aliphatic heterocycles. The lowest BCUT2D eigenvalue weighted by Gasteiger charge is -2.40. The van der Waals surface area contributed by atoms with Gasteiger partial charge in [0, 0.05) is 25.2 Å². The van der Waals surface area contributed by atoms with Gasteiger partial charge in [0.2, 0.25) is 16.6 Å². The number of nitrogens with zero attached hydrogens (tertiary/aromatic N) is 3. The minimum atomic E-state index is -1.83. The fourth-order valence-electron chi connectivity index (χ4n) is 19.2. The highest BCUT2D eigenvalue weighted by atomic mass is 28.4. The van der Waals surface area contributed by atoms with Crippen LogP contribution in [-0.4, -0.2) is 78.3 Å². The fraction of sp³-hybridized carbons (Fsp3) is 0.585. The number of hydrogen-bond donors (Lipinski definition) is 0. The van der Waals surface area contributed by atoms with Crippen molar-refractivity contribution in [2.45, 2.75) is 337 Å². The fourth-order valence-corrected chi connectivity index (χ4v) is 42.4. The quantitative estimate of drug-likeness (QED) is 0.0439. The first-order chi connectivity index (χ1) is 56.3. The predicted molar refractivity (Wildman–Crippen MR) is 533 cm³/mol. The number of aldehydes is 1. The summed E-state index contributed by atoms with van der Waals surface area (Å²) in [6, 6.07) is 5.83. The number of terminal acetylenes is 2. The lowest BCUT2D eigenvalue weighted by atomic mass is 9.70. The van der Waals surface area contributed by atoms with E-state index in [0.29, 0.717) is 91.7 Å². The Bertz CT molecular complexity index is 4270. The Hall–Kier alpha value is -8.04. The third-order valence-corrected chi connectivity index (χ3v) is 53.7. The summed E-state index contributed by atoms with van der Waals surface area (Å²) in [5.41, 5.74) is 19.6. The highest BCUT2D eigenvalue weighted by molar-refractivity contribution is 6.92. The molecule has 10 atom stereocenters. The summed E-state index contributed by atoms with van der Waals surface area (Å²) in [5.74, 6) is 20.4. The molecule has 0 N–H and O–H groups in total. The molecule has 10 unspecified atom stereocenters. The zero-order valence-electron chi connectivity index (χ0n) is 81.6. The highest BCUT2D eigenvalue weighted by Crippen LogP contribution is 2.49. The molecule has 0 saturated heterocycles. The van der Waals surface area contributed by atoms with Crippen molar-refractivity contribution in [3.8, 4) is 88.8 Å². The molecule has 6 rings (SSSR count). The summed E-state index contributed by atoms with van der Waals surface area (Å²) < 4.78 is 12.5. The van der Waals surface area contributed by atoms with Crippen LogP contribution in [0.2, 0.25) is 106 Å². The van der Waals surface area contributed by atoms with Gasteiger partial charge in [0.1, 0.15) is 56.5 Å². The van der Waals surface area contributed by atoms with E-state index in [1.807, 2.05) is 24.3 Å². The van der Waals surface area contributed by atoms with E-state index in [1.165, 1.54) is 36.1 Å². The third kappa shape index (κ3) is 28.2. The number of rotatable bonds is 22. The van der Waals surface area contributed by atoms with Gasteiger partial charge >= 0.3 is 0 Å². The normalized spacial score (nSPS) is 25.0.